The lowest BCUT2D eigenvalue weighted by Gasteiger charge is -2.25. The van der Waals surface area contributed by atoms with E-state index in [1.165, 1.54) is 4.90 Å². The molecule has 0 radical (unpaired) electrons. The lowest BCUT2D eigenvalue weighted by atomic mass is 10.2. The van der Waals surface area contributed by atoms with Crippen LogP contribution in [0.3, 0.4) is 0 Å². The van der Waals surface area contributed by atoms with Crippen molar-refractivity contribution in [1.29, 1.82) is 0 Å². The zero-order valence-corrected chi connectivity index (χ0v) is 14.9. The first-order chi connectivity index (χ1) is 10.7. The average molecular weight is 336 g/mol. The highest BCUT2D eigenvalue weighted by atomic mass is 32.2. The first kappa shape index (κ1) is 17.5. The van der Waals surface area contributed by atoms with Crippen molar-refractivity contribution in [2.24, 2.45) is 0 Å². The summed E-state index contributed by atoms with van der Waals surface area (Å²) in [5.41, 5.74) is 2.14. The van der Waals surface area contributed by atoms with Crippen molar-refractivity contribution >= 4 is 26.6 Å². The number of carbonyl (C=O) groups excluding carboxylic acids is 1. The highest BCUT2D eigenvalue weighted by Gasteiger charge is 2.21. The summed E-state index contributed by atoms with van der Waals surface area (Å²) in [6, 6.07) is 7.61. The van der Waals surface area contributed by atoms with Gasteiger partial charge in [-0.2, -0.15) is 0 Å². The molecule has 0 saturated carbocycles. The molecule has 126 valence electrons. The van der Waals surface area contributed by atoms with Crippen LogP contribution in [-0.2, 0) is 21.2 Å². The number of likely N-dealkylation sites (N-methyl/N-ethyl adjacent to an activating group) is 1. The van der Waals surface area contributed by atoms with E-state index in [1.54, 1.807) is 20.9 Å². The SMILES string of the molecule is CCS(=O)(=O)C[C@H](C)N(C)C(=O)Cn1cc(C)c2ccccc21. The largest absolute Gasteiger partial charge is 0.340 e. The fourth-order valence-corrected chi connectivity index (χ4v) is 3.86. The van der Waals surface area contributed by atoms with Crippen molar-refractivity contribution in [2.75, 3.05) is 18.6 Å². The molecule has 1 aromatic carbocycles. The summed E-state index contributed by atoms with van der Waals surface area (Å²) in [5.74, 6) is 0.00223. The van der Waals surface area contributed by atoms with Gasteiger partial charge in [0.05, 0.1) is 5.75 Å². The number of rotatable bonds is 6. The molecule has 0 bridgehead atoms. The Labute approximate surface area is 137 Å². The van der Waals surface area contributed by atoms with E-state index in [9.17, 15) is 13.2 Å². The molecule has 6 heteroatoms. The Morgan fingerprint density at radius 3 is 2.61 bits per heavy atom. The molecule has 23 heavy (non-hydrogen) atoms. The predicted molar refractivity (Wildman–Crippen MR) is 93.2 cm³/mol. The zero-order chi connectivity index (χ0) is 17.2. The van der Waals surface area contributed by atoms with Crippen LogP contribution in [0.15, 0.2) is 30.5 Å². The van der Waals surface area contributed by atoms with Gasteiger partial charge in [-0.25, -0.2) is 8.42 Å². The quantitative estimate of drug-likeness (QED) is 0.813. The number of aryl methyl sites for hydroxylation is 1. The maximum atomic E-state index is 12.5. The molecule has 1 amide bonds. The molecule has 0 aliphatic rings. The molecule has 0 spiro atoms. The first-order valence-corrected chi connectivity index (χ1v) is 9.58. The van der Waals surface area contributed by atoms with Crippen LogP contribution in [-0.4, -0.2) is 48.4 Å². The lowest BCUT2D eigenvalue weighted by molar-refractivity contribution is -0.131. The van der Waals surface area contributed by atoms with E-state index < -0.39 is 9.84 Å². The number of carbonyl (C=O) groups is 1. The molecule has 1 heterocycles. The van der Waals surface area contributed by atoms with Crippen LogP contribution in [0, 0.1) is 6.92 Å². The third kappa shape index (κ3) is 3.93. The molecular formula is C17H24N2O3S. The Morgan fingerprint density at radius 1 is 1.30 bits per heavy atom. The van der Waals surface area contributed by atoms with E-state index in [1.807, 2.05) is 42.0 Å². The molecule has 2 aromatic rings. The van der Waals surface area contributed by atoms with E-state index in [0.29, 0.717) is 0 Å². The number of sulfone groups is 1. The van der Waals surface area contributed by atoms with E-state index in [-0.39, 0.29) is 30.0 Å². The van der Waals surface area contributed by atoms with Crippen LogP contribution < -0.4 is 0 Å². The van der Waals surface area contributed by atoms with Gasteiger partial charge in [-0.05, 0) is 25.5 Å². The summed E-state index contributed by atoms with van der Waals surface area (Å²) >= 11 is 0. The number of hydrogen-bond acceptors (Lipinski definition) is 3. The molecule has 0 unspecified atom stereocenters. The summed E-state index contributed by atoms with van der Waals surface area (Å²) in [6.45, 7) is 5.62. The maximum Gasteiger partial charge on any atom is 0.242 e. The van der Waals surface area contributed by atoms with Gasteiger partial charge >= 0.3 is 0 Å². The second kappa shape index (κ2) is 6.74. The van der Waals surface area contributed by atoms with Crippen LogP contribution in [0.2, 0.25) is 0 Å². The number of para-hydroxylation sites is 1. The number of amides is 1. The van der Waals surface area contributed by atoms with E-state index in [4.69, 9.17) is 0 Å². The normalized spacial score (nSPS) is 13.2. The van der Waals surface area contributed by atoms with E-state index >= 15 is 0 Å². The second-order valence-corrected chi connectivity index (χ2v) is 8.41. The van der Waals surface area contributed by atoms with Crippen molar-refractivity contribution < 1.29 is 13.2 Å². The van der Waals surface area contributed by atoms with Crippen LogP contribution in [0.1, 0.15) is 19.4 Å². The third-order valence-electron chi connectivity index (χ3n) is 4.28. The van der Waals surface area contributed by atoms with Gasteiger partial charge in [0.1, 0.15) is 6.54 Å². The van der Waals surface area contributed by atoms with Gasteiger partial charge in [0.15, 0.2) is 9.84 Å². The van der Waals surface area contributed by atoms with Crippen LogP contribution in [0.5, 0.6) is 0 Å². The van der Waals surface area contributed by atoms with Crippen LogP contribution >= 0.6 is 0 Å². The number of fused-ring (bicyclic) bond motifs is 1. The molecule has 5 nitrogen and oxygen atoms in total. The van der Waals surface area contributed by atoms with E-state index in [2.05, 4.69) is 0 Å². The van der Waals surface area contributed by atoms with Crippen LogP contribution in [0.25, 0.3) is 10.9 Å². The van der Waals surface area contributed by atoms with Crippen molar-refractivity contribution in [3.8, 4) is 0 Å². The summed E-state index contributed by atoms with van der Waals surface area (Å²) in [4.78, 5) is 14.0. The highest BCUT2D eigenvalue weighted by Crippen LogP contribution is 2.20. The summed E-state index contributed by atoms with van der Waals surface area (Å²) in [5, 5.41) is 1.13. The average Bonchev–Trinajstić information content (AvgIpc) is 2.83. The molecular weight excluding hydrogens is 312 g/mol. The number of aromatic nitrogens is 1. The van der Waals surface area contributed by atoms with Crippen LogP contribution in [0.4, 0.5) is 0 Å². The molecule has 1 atom stereocenters. The molecule has 0 aliphatic carbocycles. The van der Waals surface area contributed by atoms with E-state index in [0.717, 1.165) is 16.5 Å². The Bertz CT molecular complexity index is 808. The highest BCUT2D eigenvalue weighted by molar-refractivity contribution is 7.91. The minimum absolute atomic E-state index is 0.00278. The fraction of sp³-hybridized carbons (Fsp3) is 0.471. The zero-order valence-electron chi connectivity index (χ0n) is 14.1. The van der Waals surface area contributed by atoms with Gasteiger partial charge in [-0.3, -0.25) is 4.79 Å². The van der Waals surface area contributed by atoms with Gasteiger partial charge < -0.3 is 9.47 Å². The monoisotopic (exact) mass is 336 g/mol. The van der Waals surface area contributed by atoms with Crippen molar-refractivity contribution in [3.63, 3.8) is 0 Å². The first-order valence-electron chi connectivity index (χ1n) is 7.75. The molecule has 1 aromatic heterocycles. The number of benzene rings is 1. The van der Waals surface area contributed by atoms with Gasteiger partial charge in [0, 0.05) is 35.9 Å². The number of hydrogen-bond donors (Lipinski definition) is 0. The number of nitrogens with zero attached hydrogens (tertiary/aromatic N) is 2. The Kier molecular flexibility index (Phi) is 5.14. The van der Waals surface area contributed by atoms with Crippen molar-refractivity contribution in [3.05, 3.63) is 36.0 Å². The van der Waals surface area contributed by atoms with Gasteiger partial charge in [0.25, 0.3) is 0 Å². The van der Waals surface area contributed by atoms with Gasteiger partial charge in [-0.15, -0.1) is 0 Å². The Morgan fingerprint density at radius 2 is 1.96 bits per heavy atom. The minimum atomic E-state index is -3.10. The third-order valence-corrected chi connectivity index (χ3v) is 6.15. The molecule has 0 saturated heterocycles. The lowest BCUT2D eigenvalue weighted by Crippen LogP contribution is -2.41. The predicted octanol–water partition coefficient (Wildman–Crippen LogP) is 2.23. The maximum absolute atomic E-state index is 12.5. The Hall–Kier alpha value is -1.82. The standard InChI is InChI=1S/C17H24N2O3S/c1-5-23(21,22)12-14(3)18(4)17(20)11-19-10-13(2)15-8-6-7-9-16(15)19/h6-10,14H,5,11-12H2,1-4H3/t14-/m0/s1. The summed E-state index contributed by atoms with van der Waals surface area (Å²) in [7, 11) is -1.44. The topological polar surface area (TPSA) is 59.4 Å². The minimum Gasteiger partial charge on any atom is -0.340 e. The van der Waals surface area contributed by atoms with Crippen molar-refractivity contribution in [1.82, 2.24) is 9.47 Å². The molecule has 0 fully saturated rings. The fourth-order valence-electron chi connectivity index (χ4n) is 2.66. The molecule has 2 rings (SSSR count). The molecule has 0 N–H and O–H groups in total. The molecule has 0 aliphatic heterocycles. The van der Waals surface area contributed by atoms with Gasteiger partial charge in [0.2, 0.25) is 5.91 Å². The Balaban J connectivity index is 2.14. The second-order valence-electron chi connectivity index (χ2n) is 6.01. The van der Waals surface area contributed by atoms with Crippen molar-refractivity contribution in [2.45, 2.75) is 33.4 Å². The smallest absolute Gasteiger partial charge is 0.242 e. The summed E-state index contributed by atoms with van der Waals surface area (Å²) < 4.78 is 25.4. The van der Waals surface area contributed by atoms with Gasteiger partial charge in [-0.1, -0.05) is 25.1 Å². The summed E-state index contributed by atoms with van der Waals surface area (Å²) in [6.07, 6.45) is 1.96.